The first-order valence-electron chi connectivity index (χ1n) is 8.08. The average Bonchev–Trinajstić information content (AvgIpc) is 2.89. The summed E-state index contributed by atoms with van der Waals surface area (Å²) in [4.78, 5) is 0. The molecule has 0 amide bonds. The van der Waals surface area contributed by atoms with Crippen molar-refractivity contribution in [1.29, 1.82) is 0 Å². The monoisotopic (exact) mass is 301 g/mol. The molecule has 5 atom stereocenters. The Morgan fingerprint density at radius 2 is 2.00 bits per heavy atom. The molecule has 1 N–H and O–H groups in total. The van der Waals surface area contributed by atoms with Gasteiger partial charge in [0.1, 0.15) is 0 Å². The molecular weight excluding hydrogens is 270 g/mol. The molecule has 0 aromatic carbocycles. The van der Waals surface area contributed by atoms with Gasteiger partial charge in [-0.25, -0.2) is 0 Å². The fraction of sp³-hybridized carbons (Fsp3) is 1.00. The lowest BCUT2D eigenvalue weighted by atomic mass is 9.71. The van der Waals surface area contributed by atoms with E-state index in [0.29, 0.717) is 22.6 Å². The number of nitrogens with one attached hydrogen (secondary N) is 1. The molecular formula is C16H31NO2S. The Bertz CT molecular complexity index is 334. The summed E-state index contributed by atoms with van der Waals surface area (Å²) < 4.78 is 18.5. The summed E-state index contributed by atoms with van der Waals surface area (Å²) in [6.45, 7) is 7.80. The summed E-state index contributed by atoms with van der Waals surface area (Å²) in [7, 11) is 1.24. The number of hydrogen-bond donors (Lipinski definition) is 1. The first-order chi connectivity index (χ1) is 9.41. The van der Waals surface area contributed by atoms with E-state index in [-0.39, 0.29) is 6.10 Å². The Kier molecular flexibility index (Phi) is 5.66. The van der Waals surface area contributed by atoms with Crippen LogP contribution in [0.1, 0.15) is 52.9 Å². The molecule has 1 aliphatic carbocycles. The van der Waals surface area contributed by atoms with Gasteiger partial charge in [0.05, 0.1) is 17.1 Å². The van der Waals surface area contributed by atoms with E-state index in [0.717, 1.165) is 38.0 Å². The van der Waals surface area contributed by atoms with Crippen LogP contribution in [0.15, 0.2) is 0 Å². The van der Waals surface area contributed by atoms with Crippen LogP contribution >= 0.6 is 0 Å². The highest BCUT2D eigenvalue weighted by molar-refractivity contribution is 7.85. The van der Waals surface area contributed by atoms with E-state index in [1.54, 1.807) is 0 Å². The van der Waals surface area contributed by atoms with E-state index in [9.17, 15) is 4.21 Å². The SMILES string of the molecule is CNC1CCC(C(C)(C)C)CC1S(=O)CC1CCCO1. The highest BCUT2D eigenvalue weighted by atomic mass is 32.2. The van der Waals surface area contributed by atoms with E-state index in [2.05, 4.69) is 26.1 Å². The molecule has 1 heterocycles. The summed E-state index contributed by atoms with van der Waals surface area (Å²) >= 11 is 0. The maximum Gasteiger partial charge on any atom is 0.0691 e. The zero-order valence-corrected chi connectivity index (χ0v) is 14.3. The van der Waals surface area contributed by atoms with Gasteiger partial charge in [0.2, 0.25) is 0 Å². The zero-order chi connectivity index (χ0) is 14.8. The zero-order valence-electron chi connectivity index (χ0n) is 13.5. The molecule has 0 aromatic rings. The smallest absolute Gasteiger partial charge is 0.0691 e. The normalized spacial score (nSPS) is 37.0. The van der Waals surface area contributed by atoms with Crippen LogP contribution in [0.3, 0.4) is 0 Å². The molecule has 20 heavy (non-hydrogen) atoms. The van der Waals surface area contributed by atoms with E-state index in [4.69, 9.17) is 4.74 Å². The molecule has 0 aromatic heterocycles. The van der Waals surface area contributed by atoms with Gasteiger partial charge in [-0.1, -0.05) is 20.8 Å². The molecule has 2 aliphatic rings. The average molecular weight is 301 g/mol. The molecule has 3 nitrogen and oxygen atoms in total. The minimum absolute atomic E-state index is 0.239. The van der Waals surface area contributed by atoms with Crippen molar-refractivity contribution < 1.29 is 8.95 Å². The van der Waals surface area contributed by atoms with Crippen LogP contribution in [0.4, 0.5) is 0 Å². The topological polar surface area (TPSA) is 38.3 Å². The second kappa shape index (κ2) is 6.89. The molecule has 1 saturated heterocycles. The van der Waals surface area contributed by atoms with Crippen LogP contribution in [0.25, 0.3) is 0 Å². The number of rotatable bonds is 4. The molecule has 118 valence electrons. The highest BCUT2D eigenvalue weighted by Crippen LogP contribution is 2.39. The van der Waals surface area contributed by atoms with E-state index < -0.39 is 10.8 Å². The van der Waals surface area contributed by atoms with Crippen LogP contribution < -0.4 is 5.32 Å². The quantitative estimate of drug-likeness (QED) is 0.867. The summed E-state index contributed by atoms with van der Waals surface area (Å²) in [5, 5.41) is 3.69. The van der Waals surface area contributed by atoms with Gasteiger partial charge in [-0.2, -0.15) is 0 Å². The Morgan fingerprint density at radius 1 is 1.25 bits per heavy atom. The van der Waals surface area contributed by atoms with E-state index in [1.807, 2.05) is 7.05 Å². The fourth-order valence-corrected chi connectivity index (χ4v) is 5.58. The largest absolute Gasteiger partial charge is 0.377 e. The van der Waals surface area contributed by atoms with Crippen molar-refractivity contribution in [2.24, 2.45) is 11.3 Å². The molecule has 0 bridgehead atoms. The van der Waals surface area contributed by atoms with E-state index in [1.165, 1.54) is 6.42 Å². The minimum Gasteiger partial charge on any atom is -0.377 e. The standard InChI is InChI=1S/C16H31NO2S/c1-16(2,3)12-7-8-14(17-4)15(10-12)20(18)11-13-6-5-9-19-13/h12-15,17H,5-11H2,1-4H3. The van der Waals surface area contributed by atoms with Gasteiger partial charge in [-0.15, -0.1) is 0 Å². The first kappa shape index (κ1) is 16.4. The summed E-state index contributed by atoms with van der Waals surface area (Å²) in [5.41, 5.74) is 0.324. The van der Waals surface area contributed by atoms with Gasteiger partial charge in [-0.3, -0.25) is 4.21 Å². The second-order valence-corrected chi connectivity index (χ2v) is 9.19. The van der Waals surface area contributed by atoms with Crippen molar-refractivity contribution in [3.63, 3.8) is 0 Å². The van der Waals surface area contributed by atoms with Crippen LogP contribution in [-0.2, 0) is 15.5 Å². The van der Waals surface area contributed by atoms with Gasteiger partial charge in [0, 0.05) is 23.4 Å². The van der Waals surface area contributed by atoms with Crippen molar-refractivity contribution in [1.82, 2.24) is 5.32 Å². The summed E-state index contributed by atoms with van der Waals surface area (Å²) in [6, 6.07) is 0.413. The molecule has 4 heteroatoms. The predicted molar refractivity (Wildman–Crippen MR) is 85.4 cm³/mol. The van der Waals surface area contributed by atoms with Crippen LogP contribution in [0.5, 0.6) is 0 Å². The maximum absolute atomic E-state index is 12.8. The molecule has 2 fully saturated rings. The lowest BCUT2D eigenvalue weighted by Gasteiger charge is -2.41. The lowest BCUT2D eigenvalue weighted by molar-refractivity contribution is 0.127. The third-order valence-corrected chi connectivity index (χ3v) is 7.00. The Labute approximate surface area is 126 Å². The fourth-order valence-electron chi connectivity index (χ4n) is 3.62. The van der Waals surface area contributed by atoms with E-state index >= 15 is 0 Å². The molecule has 2 rings (SSSR count). The van der Waals surface area contributed by atoms with Gasteiger partial charge < -0.3 is 10.1 Å². The minimum atomic E-state index is -0.769. The van der Waals surface area contributed by atoms with Gasteiger partial charge in [0.25, 0.3) is 0 Å². The Morgan fingerprint density at radius 3 is 2.55 bits per heavy atom. The maximum atomic E-state index is 12.8. The lowest BCUT2D eigenvalue weighted by Crippen LogP contribution is -2.48. The number of ether oxygens (including phenoxy) is 1. The van der Waals surface area contributed by atoms with Crippen molar-refractivity contribution in [3.05, 3.63) is 0 Å². The Hall–Kier alpha value is 0.0700. The van der Waals surface area contributed by atoms with Gasteiger partial charge in [-0.05, 0) is 50.5 Å². The van der Waals surface area contributed by atoms with Crippen LogP contribution in [0, 0.1) is 11.3 Å². The molecule has 0 spiro atoms. The van der Waals surface area contributed by atoms with Crippen molar-refractivity contribution in [2.75, 3.05) is 19.4 Å². The third kappa shape index (κ3) is 4.05. The summed E-state index contributed by atoms with van der Waals surface area (Å²) in [6.07, 6.45) is 5.96. The molecule has 0 radical (unpaired) electrons. The van der Waals surface area contributed by atoms with Gasteiger partial charge >= 0.3 is 0 Å². The molecule has 1 saturated carbocycles. The highest BCUT2D eigenvalue weighted by Gasteiger charge is 2.38. The van der Waals surface area contributed by atoms with Crippen LogP contribution in [0.2, 0.25) is 0 Å². The Balaban J connectivity index is 1.98. The molecule has 1 aliphatic heterocycles. The van der Waals surface area contributed by atoms with Crippen molar-refractivity contribution in [3.8, 4) is 0 Å². The first-order valence-corrected chi connectivity index (χ1v) is 9.46. The summed E-state index contributed by atoms with van der Waals surface area (Å²) in [5.74, 6) is 1.42. The number of hydrogen-bond acceptors (Lipinski definition) is 3. The van der Waals surface area contributed by atoms with Crippen molar-refractivity contribution in [2.45, 2.75) is 70.3 Å². The third-order valence-electron chi connectivity index (χ3n) is 5.10. The van der Waals surface area contributed by atoms with Crippen molar-refractivity contribution >= 4 is 10.8 Å². The van der Waals surface area contributed by atoms with Crippen LogP contribution in [-0.4, -0.2) is 41.0 Å². The molecule has 5 unspecified atom stereocenters. The predicted octanol–water partition coefficient (Wildman–Crippen LogP) is 2.72. The second-order valence-electron chi connectivity index (χ2n) is 7.49. The van der Waals surface area contributed by atoms with Gasteiger partial charge in [0.15, 0.2) is 0 Å².